The first-order valence-electron chi connectivity index (χ1n) is 8.71. The van der Waals surface area contributed by atoms with Crippen molar-refractivity contribution in [3.8, 4) is 0 Å². The molecule has 0 aliphatic carbocycles. The second kappa shape index (κ2) is 8.06. The molecule has 0 radical (unpaired) electrons. The second-order valence-electron chi connectivity index (χ2n) is 6.42. The van der Waals surface area contributed by atoms with Gasteiger partial charge in [0.2, 0.25) is 15.9 Å². The molecular weight excluding hydrogens is 369 g/mol. The molecule has 0 aromatic heterocycles. The zero-order valence-corrected chi connectivity index (χ0v) is 15.9. The number of nitrogens with one attached hydrogen (secondary N) is 1. The van der Waals surface area contributed by atoms with E-state index in [4.69, 9.17) is 0 Å². The summed E-state index contributed by atoms with van der Waals surface area (Å²) in [4.78, 5) is 14.2. The lowest BCUT2D eigenvalue weighted by Gasteiger charge is -2.34. The average Bonchev–Trinajstić information content (AvgIpc) is 2.69. The minimum Gasteiger partial charge on any atom is -0.376 e. The Kier molecular flexibility index (Phi) is 5.76. The normalized spacial score (nSPS) is 15.6. The minimum atomic E-state index is -3.54. The van der Waals surface area contributed by atoms with Crippen LogP contribution in [0.5, 0.6) is 0 Å². The van der Waals surface area contributed by atoms with Crippen LogP contribution in [0.4, 0.5) is 10.1 Å². The molecule has 1 fully saturated rings. The van der Waals surface area contributed by atoms with Crippen LogP contribution >= 0.6 is 0 Å². The number of hydrogen-bond acceptors (Lipinski definition) is 4. The summed E-state index contributed by atoms with van der Waals surface area (Å²) >= 11 is 0. The fourth-order valence-corrected chi connectivity index (χ4v) is 4.35. The summed E-state index contributed by atoms with van der Waals surface area (Å²) in [6, 6.07) is 13.0. The molecule has 6 nitrogen and oxygen atoms in total. The summed E-state index contributed by atoms with van der Waals surface area (Å²) in [7, 11) is -3.54. The molecular formula is C19H22FN3O3S. The van der Waals surface area contributed by atoms with E-state index in [1.54, 1.807) is 54.3 Å². The van der Waals surface area contributed by atoms with Gasteiger partial charge >= 0.3 is 0 Å². The number of benzene rings is 2. The molecule has 3 rings (SSSR count). The van der Waals surface area contributed by atoms with Crippen molar-refractivity contribution in [3.63, 3.8) is 0 Å². The summed E-state index contributed by atoms with van der Waals surface area (Å²) in [6.07, 6.45) is 0. The molecule has 2 aromatic rings. The molecule has 1 N–H and O–H groups in total. The van der Waals surface area contributed by atoms with Gasteiger partial charge in [-0.25, -0.2) is 12.8 Å². The molecule has 1 amide bonds. The second-order valence-corrected chi connectivity index (χ2v) is 8.35. The number of anilines is 1. The predicted molar refractivity (Wildman–Crippen MR) is 101 cm³/mol. The van der Waals surface area contributed by atoms with Gasteiger partial charge in [-0.05, 0) is 36.8 Å². The van der Waals surface area contributed by atoms with E-state index in [1.165, 1.54) is 10.4 Å². The molecule has 0 unspecified atom stereocenters. The highest BCUT2D eigenvalue weighted by molar-refractivity contribution is 7.89. The molecule has 0 saturated carbocycles. The van der Waals surface area contributed by atoms with Gasteiger partial charge in [-0.1, -0.05) is 24.3 Å². The Morgan fingerprint density at radius 3 is 2.37 bits per heavy atom. The zero-order chi connectivity index (χ0) is 19.4. The summed E-state index contributed by atoms with van der Waals surface area (Å²) in [6.45, 7) is 2.87. The molecule has 144 valence electrons. The standard InChI is InChI=1S/C19H22FN3O3S/c1-15-7-8-16(13-18(15)20)21-14-19(24)22-9-11-23(12-10-22)27(25,26)17-5-3-2-4-6-17/h2-8,13,21H,9-12,14H2,1H3. The molecule has 8 heteroatoms. The number of carbonyl (C=O) groups excluding carboxylic acids is 1. The number of nitrogens with zero attached hydrogens (tertiary/aromatic N) is 2. The largest absolute Gasteiger partial charge is 0.376 e. The van der Waals surface area contributed by atoms with Gasteiger partial charge in [0.15, 0.2) is 0 Å². The average molecular weight is 391 g/mol. The van der Waals surface area contributed by atoms with E-state index in [0.29, 0.717) is 24.3 Å². The van der Waals surface area contributed by atoms with E-state index in [9.17, 15) is 17.6 Å². The Morgan fingerprint density at radius 1 is 1.07 bits per heavy atom. The third-order valence-corrected chi connectivity index (χ3v) is 6.50. The van der Waals surface area contributed by atoms with Crippen LogP contribution in [0.15, 0.2) is 53.4 Å². The fraction of sp³-hybridized carbons (Fsp3) is 0.316. The van der Waals surface area contributed by atoms with Crippen LogP contribution in [0.25, 0.3) is 0 Å². The molecule has 27 heavy (non-hydrogen) atoms. The van der Waals surface area contributed by atoms with Gasteiger partial charge in [0.05, 0.1) is 11.4 Å². The molecule has 0 spiro atoms. The first kappa shape index (κ1) is 19.3. The van der Waals surface area contributed by atoms with Gasteiger partial charge < -0.3 is 10.2 Å². The third-order valence-electron chi connectivity index (χ3n) is 4.59. The Morgan fingerprint density at radius 2 is 1.74 bits per heavy atom. The number of hydrogen-bond donors (Lipinski definition) is 1. The molecule has 1 heterocycles. The van der Waals surface area contributed by atoms with Crippen LogP contribution in [-0.4, -0.2) is 56.3 Å². The minimum absolute atomic E-state index is 0.0357. The van der Waals surface area contributed by atoms with E-state index in [0.717, 1.165) is 0 Å². The number of halogens is 1. The van der Waals surface area contributed by atoms with E-state index < -0.39 is 10.0 Å². The van der Waals surface area contributed by atoms with Crippen molar-refractivity contribution in [2.45, 2.75) is 11.8 Å². The Bertz CT molecular complexity index is 911. The van der Waals surface area contributed by atoms with E-state index in [-0.39, 0.29) is 36.3 Å². The molecule has 0 bridgehead atoms. The maximum atomic E-state index is 13.6. The molecule has 1 aliphatic heterocycles. The van der Waals surface area contributed by atoms with Gasteiger partial charge in [0, 0.05) is 31.9 Å². The van der Waals surface area contributed by atoms with Crippen molar-refractivity contribution < 1.29 is 17.6 Å². The van der Waals surface area contributed by atoms with Crippen LogP contribution in [0.3, 0.4) is 0 Å². The lowest BCUT2D eigenvalue weighted by atomic mass is 10.2. The highest BCUT2D eigenvalue weighted by Gasteiger charge is 2.29. The SMILES string of the molecule is Cc1ccc(NCC(=O)N2CCN(S(=O)(=O)c3ccccc3)CC2)cc1F. The lowest BCUT2D eigenvalue weighted by Crippen LogP contribution is -2.51. The summed E-state index contributed by atoms with van der Waals surface area (Å²) < 4.78 is 40.2. The Labute approximate surface area is 158 Å². The van der Waals surface area contributed by atoms with Crippen molar-refractivity contribution in [1.29, 1.82) is 0 Å². The van der Waals surface area contributed by atoms with Crippen LogP contribution < -0.4 is 5.32 Å². The van der Waals surface area contributed by atoms with Crippen molar-refractivity contribution in [3.05, 3.63) is 59.9 Å². The Balaban J connectivity index is 1.54. The molecule has 1 aliphatic rings. The van der Waals surface area contributed by atoms with Crippen LogP contribution in [0.2, 0.25) is 0 Å². The third kappa shape index (κ3) is 4.45. The van der Waals surface area contributed by atoms with Gasteiger partial charge in [0.25, 0.3) is 0 Å². The fourth-order valence-electron chi connectivity index (χ4n) is 2.91. The van der Waals surface area contributed by atoms with Gasteiger partial charge in [0.1, 0.15) is 5.82 Å². The number of aryl methyl sites for hydroxylation is 1. The van der Waals surface area contributed by atoms with Crippen molar-refractivity contribution in [2.24, 2.45) is 0 Å². The van der Waals surface area contributed by atoms with Crippen LogP contribution in [0.1, 0.15) is 5.56 Å². The molecule has 1 saturated heterocycles. The zero-order valence-electron chi connectivity index (χ0n) is 15.1. The molecule has 2 aromatic carbocycles. The van der Waals surface area contributed by atoms with Gasteiger partial charge in [-0.3, -0.25) is 4.79 Å². The predicted octanol–water partition coefficient (Wildman–Crippen LogP) is 2.08. The van der Waals surface area contributed by atoms with E-state index in [1.807, 2.05) is 0 Å². The van der Waals surface area contributed by atoms with E-state index >= 15 is 0 Å². The maximum Gasteiger partial charge on any atom is 0.243 e. The maximum absolute atomic E-state index is 13.6. The number of rotatable bonds is 5. The number of carbonyl (C=O) groups is 1. The first-order valence-corrected chi connectivity index (χ1v) is 10.1. The Hall–Kier alpha value is -2.45. The topological polar surface area (TPSA) is 69.7 Å². The van der Waals surface area contributed by atoms with Crippen LogP contribution in [-0.2, 0) is 14.8 Å². The van der Waals surface area contributed by atoms with Crippen LogP contribution in [0, 0.1) is 12.7 Å². The lowest BCUT2D eigenvalue weighted by molar-refractivity contribution is -0.130. The van der Waals surface area contributed by atoms with Crippen molar-refractivity contribution in [1.82, 2.24) is 9.21 Å². The summed E-state index contributed by atoms with van der Waals surface area (Å²) in [5.74, 6) is -0.472. The van der Waals surface area contributed by atoms with Gasteiger partial charge in [-0.2, -0.15) is 4.31 Å². The van der Waals surface area contributed by atoms with Gasteiger partial charge in [-0.15, -0.1) is 0 Å². The van der Waals surface area contributed by atoms with E-state index in [2.05, 4.69) is 5.32 Å². The summed E-state index contributed by atoms with van der Waals surface area (Å²) in [5.41, 5.74) is 1.08. The summed E-state index contributed by atoms with van der Waals surface area (Å²) in [5, 5.41) is 2.91. The van der Waals surface area contributed by atoms with Crippen molar-refractivity contribution >= 4 is 21.6 Å². The first-order chi connectivity index (χ1) is 12.9. The van der Waals surface area contributed by atoms with Crippen molar-refractivity contribution in [2.75, 3.05) is 38.0 Å². The quantitative estimate of drug-likeness (QED) is 0.847. The smallest absolute Gasteiger partial charge is 0.243 e. The highest BCUT2D eigenvalue weighted by Crippen LogP contribution is 2.17. The monoisotopic (exact) mass is 391 g/mol. The number of sulfonamides is 1. The number of piperazine rings is 1. The number of amides is 1. The molecule has 0 atom stereocenters. The highest BCUT2D eigenvalue weighted by atomic mass is 32.2.